The van der Waals surface area contributed by atoms with Crippen molar-refractivity contribution in [2.24, 2.45) is 5.92 Å². The van der Waals surface area contributed by atoms with Crippen LogP contribution in [-0.2, 0) is 20.7 Å². The standard InChI is InChI=1S/C19H26N2O4/c22-18(21-9-11-25-12-10-21)13-14-1-5-16(6-2-14)20-17-7-3-15(4-8-17)19(23)24/h1-2,5-6,15,17,20H,3-4,7-13H2,(H,23,24). The molecule has 6 nitrogen and oxygen atoms in total. The van der Waals surface area contributed by atoms with Crippen LogP contribution in [0.15, 0.2) is 24.3 Å². The van der Waals surface area contributed by atoms with E-state index < -0.39 is 5.97 Å². The monoisotopic (exact) mass is 346 g/mol. The van der Waals surface area contributed by atoms with E-state index in [2.05, 4.69) is 5.32 Å². The summed E-state index contributed by atoms with van der Waals surface area (Å²) in [6, 6.07) is 8.32. The number of nitrogens with one attached hydrogen (secondary N) is 1. The summed E-state index contributed by atoms with van der Waals surface area (Å²) >= 11 is 0. The Morgan fingerprint density at radius 2 is 1.72 bits per heavy atom. The first-order valence-corrected chi connectivity index (χ1v) is 9.05. The molecule has 1 aliphatic carbocycles. The molecular weight excluding hydrogens is 320 g/mol. The van der Waals surface area contributed by atoms with Crippen LogP contribution in [0.4, 0.5) is 5.69 Å². The summed E-state index contributed by atoms with van der Waals surface area (Å²) in [6.45, 7) is 2.60. The lowest BCUT2D eigenvalue weighted by Crippen LogP contribution is -2.41. The second-order valence-corrected chi connectivity index (χ2v) is 6.90. The van der Waals surface area contributed by atoms with E-state index in [1.807, 2.05) is 29.2 Å². The number of ether oxygens (including phenoxy) is 1. The van der Waals surface area contributed by atoms with Gasteiger partial charge in [-0.1, -0.05) is 12.1 Å². The summed E-state index contributed by atoms with van der Waals surface area (Å²) in [5.74, 6) is -0.713. The lowest BCUT2D eigenvalue weighted by molar-refractivity contribution is -0.142. The number of morpholine rings is 1. The molecule has 0 unspecified atom stereocenters. The number of carbonyl (C=O) groups excluding carboxylic acids is 1. The Bertz CT molecular complexity index is 588. The van der Waals surface area contributed by atoms with Crippen LogP contribution >= 0.6 is 0 Å². The molecule has 1 aromatic rings. The van der Waals surface area contributed by atoms with Gasteiger partial charge in [0.05, 0.1) is 25.6 Å². The van der Waals surface area contributed by atoms with Gasteiger partial charge in [-0.2, -0.15) is 0 Å². The van der Waals surface area contributed by atoms with Gasteiger partial charge in [-0.25, -0.2) is 0 Å². The Labute approximate surface area is 148 Å². The molecule has 2 aliphatic rings. The van der Waals surface area contributed by atoms with Crippen LogP contribution in [0, 0.1) is 5.92 Å². The van der Waals surface area contributed by atoms with Gasteiger partial charge in [-0.3, -0.25) is 9.59 Å². The average molecular weight is 346 g/mol. The first-order valence-electron chi connectivity index (χ1n) is 9.05. The third-order valence-corrected chi connectivity index (χ3v) is 5.12. The molecule has 136 valence electrons. The van der Waals surface area contributed by atoms with Crippen molar-refractivity contribution in [1.82, 2.24) is 4.90 Å². The SMILES string of the molecule is O=C(O)C1CCC(Nc2ccc(CC(=O)N3CCOCC3)cc2)CC1. The maximum Gasteiger partial charge on any atom is 0.306 e. The number of hydrogen-bond acceptors (Lipinski definition) is 4. The van der Waals surface area contributed by atoms with E-state index in [9.17, 15) is 9.59 Å². The zero-order valence-corrected chi connectivity index (χ0v) is 14.4. The molecule has 2 N–H and O–H groups in total. The van der Waals surface area contributed by atoms with Gasteiger partial charge in [0, 0.05) is 24.8 Å². The molecule has 0 atom stereocenters. The number of anilines is 1. The second kappa shape index (κ2) is 8.34. The molecule has 0 spiro atoms. The fourth-order valence-corrected chi connectivity index (χ4v) is 3.54. The number of hydrogen-bond donors (Lipinski definition) is 2. The van der Waals surface area contributed by atoms with Gasteiger partial charge in [0.15, 0.2) is 0 Å². The van der Waals surface area contributed by atoms with Gasteiger partial charge in [-0.05, 0) is 43.4 Å². The van der Waals surface area contributed by atoms with Crippen molar-refractivity contribution in [1.29, 1.82) is 0 Å². The van der Waals surface area contributed by atoms with Crippen molar-refractivity contribution >= 4 is 17.6 Å². The molecular formula is C19H26N2O4. The van der Waals surface area contributed by atoms with Gasteiger partial charge in [0.25, 0.3) is 0 Å². The number of nitrogens with zero attached hydrogens (tertiary/aromatic N) is 1. The Morgan fingerprint density at radius 3 is 2.32 bits per heavy atom. The quantitative estimate of drug-likeness (QED) is 0.854. The maximum atomic E-state index is 12.3. The van der Waals surface area contributed by atoms with Crippen molar-refractivity contribution in [2.45, 2.75) is 38.1 Å². The molecule has 1 amide bonds. The summed E-state index contributed by atoms with van der Waals surface area (Å²) < 4.78 is 5.27. The maximum absolute atomic E-state index is 12.3. The molecule has 6 heteroatoms. The highest BCUT2D eigenvalue weighted by atomic mass is 16.5. The zero-order valence-electron chi connectivity index (χ0n) is 14.4. The van der Waals surface area contributed by atoms with E-state index >= 15 is 0 Å². The normalized spacial score (nSPS) is 23.9. The smallest absolute Gasteiger partial charge is 0.306 e. The third-order valence-electron chi connectivity index (χ3n) is 5.12. The predicted molar refractivity (Wildman–Crippen MR) is 94.5 cm³/mol. The minimum atomic E-state index is -0.673. The van der Waals surface area contributed by atoms with Crippen molar-refractivity contribution in [2.75, 3.05) is 31.6 Å². The Balaban J connectivity index is 1.47. The van der Waals surface area contributed by atoms with Crippen LogP contribution in [0.25, 0.3) is 0 Å². The molecule has 1 saturated carbocycles. The Hall–Kier alpha value is -2.08. The van der Waals surface area contributed by atoms with Crippen molar-refractivity contribution in [3.8, 4) is 0 Å². The van der Waals surface area contributed by atoms with Crippen molar-refractivity contribution in [3.63, 3.8) is 0 Å². The molecule has 1 heterocycles. The number of carboxylic acids is 1. The summed E-state index contributed by atoms with van der Waals surface area (Å²) in [5.41, 5.74) is 2.04. The van der Waals surface area contributed by atoms with Crippen LogP contribution in [0.3, 0.4) is 0 Å². The molecule has 25 heavy (non-hydrogen) atoms. The average Bonchev–Trinajstić information content (AvgIpc) is 2.64. The van der Waals surface area contributed by atoms with Crippen LogP contribution in [0.1, 0.15) is 31.2 Å². The molecule has 0 aromatic heterocycles. The van der Waals surface area contributed by atoms with Crippen LogP contribution in [0.2, 0.25) is 0 Å². The number of carboxylic acid groups (broad SMARTS) is 1. The molecule has 1 saturated heterocycles. The van der Waals surface area contributed by atoms with Crippen LogP contribution in [-0.4, -0.2) is 54.2 Å². The lowest BCUT2D eigenvalue weighted by atomic mass is 9.86. The highest BCUT2D eigenvalue weighted by Crippen LogP contribution is 2.27. The van der Waals surface area contributed by atoms with E-state index in [0.29, 0.717) is 38.8 Å². The molecule has 3 rings (SSSR count). The summed E-state index contributed by atoms with van der Waals surface area (Å²) in [7, 11) is 0. The summed E-state index contributed by atoms with van der Waals surface area (Å²) in [6.07, 6.45) is 3.66. The fourth-order valence-electron chi connectivity index (χ4n) is 3.54. The molecule has 1 aromatic carbocycles. The fraction of sp³-hybridized carbons (Fsp3) is 0.579. The minimum absolute atomic E-state index is 0.149. The predicted octanol–water partition coefficient (Wildman–Crippen LogP) is 2.14. The highest BCUT2D eigenvalue weighted by molar-refractivity contribution is 5.79. The largest absolute Gasteiger partial charge is 0.481 e. The van der Waals surface area contributed by atoms with Gasteiger partial charge >= 0.3 is 5.97 Å². The molecule has 0 bridgehead atoms. The number of rotatable bonds is 5. The van der Waals surface area contributed by atoms with Gasteiger partial charge in [0.1, 0.15) is 0 Å². The van der Waals surface area contributed by atoms with E-state index in [1.165, 1.54) is 0 Å². The van der Waals surface area contributed by atoms with Crippen molar-refractivity contribution in [3.05, 3.63) is 29.8 Å². The summed E-state index contributed by atoms with van der Waals surface area (Å²) in [5, 5.41) is 12.5. The number of benzene rings is 1. The van der Waals surface area contributed by atoms with Crippen LogP contribution in [0.5, 0.6) is 0 Å². The first-order chi connectivity index (χ1) is 12.1. The lowest BCUT2D eigenvalue weighted by Gasteiger charge is -2.28. The van der Waals surface area contributed by atoms with Gasteiger partial charge in [-0.15, -0.1) is 0 Å². The highest BCUT2D eigenvalue weighted by Gasteiger charge is 2.25. The first kappa shape index (κ1) is 17.7. The van der Waals surface area contributed by atoms with E-state index in [1.54, 1.807) is 0 Å². The van der Waals surface area contributed by atoms with E-state index in [-0.39, 0.29) is 11.8 Å². The minimum Gasteiger partial charge on any atom is -0.481 e. The molecule has 2 fully saturated rings. The molecule has 0 radical (unpaired) electrons. The zero-order chi connectivity index (χ0) is 17.6. The van der Waals surface area contributed by atoms with Gasteiger partial charge < -0.3 is 20.1 Å². The molecule has 1 aliphatic heterocycles. The number of carbonyl (C=O) groups is 2. The second-order valence-electron chi connectivity index (χ2n) is 6.90. The summed E-state index contributed by atoms with van der Waals surface area (Å²) in [4.78, 5) is 25.1. The van der Waals surface area contributed by atoms with E-state index in [0.717, 1.165) is 36.9 Å². The Morgan fingerprint density at radius 1 is 1.08 bits per heavy atom. The van der Waals surface area contributed by atoms with Crippen molar-refractivity contribution < 1.29 is 19.4 Å². The third kappa shape index (κ3) is 4.95. The Kier molecular flexibility index (Phi) is 5.91. The topological polar surface area (TPSA) is 78.9 Å². The number of amides is 1. The number of aliphatic carboxylic acids is 1. The van der Waals surface area contributed by atoms with Crippen LogP contribution < -0.4 is 5.32 Å². The van der Waals surface area contributed by atoms with Gasteiger partial charge in [0.2, 0.25) is 5.91 Å². The van der Waals surface area contributed by atoms with E-state index in [4.69, 9.17) is 9.84 Å².